The van der Waals surface area contributed by atoms with Crippen LogP contribution in [0.25, 0.3) is 0 Å². The fourth-order valence-corrected chi connectivity index (χ4v) is 4.59. The monoisotopic (exact) mass is 429 g/mol. The molecule has 1 aliphatic carbocycles. The van der Waals surface area contributed by atoms with Crippen molar-refractivity contribution in [3.8, 4) is 5.75 Å². The van der Waals surface area contributed by atoms with Crippen LogP contribution < -0.4 is 15.0 Å². The number of hydrogen-bond donors (Lipinski definition) is 1. The zero-order valence-corrected chi connectivity index (χ0v) is 18.7. The molecule has 0 atom stereocenters. The standard InChI is InChI=1S/C22H31N5O2S/c1-16-10-13-26(14-11-16)21-24-25-22(27(21)18-5-6-18)30-15-20(28)23-12-9-17-3-7-19(29-2)8-4-17/h3-4,7-8,16,18H,5-6,9-15H2,1-2H3,(H,23,28). The highest BCUT2D eigenvalue weighted by Gasteiger charge is 2.32. The fraction of sp³-hybridized carbons (Fsp3) is 0.591. The van der Waals surface area contributed by atoms with Gasteiger partial charge in [-0.05, 0) is 55.7 Å². The second kappa shape index (κ2) is 9.73. The van der Waals surface area contributed by atoms with Gasteiger partial charge in [0.15, 0.2) is 5.16 Å². The normalized spacial score (nSPS) is 17.2. The van der Waals surface area contributed by atoms with Gasteiger partial charge in [-0.3, -0.25) is 9.36 Å². The predicted octanol–water partition coefficient (Wildman–Crippen LogP) is 3.31. The van der Waals surface area contributed by atoms with Crippen LogP contribution in [-0.4, -0.2) is 53.2 Å². The molecule has 2 aromatic rings. The summed E-state index contributed by atoms with van der Waals surface area (Å²) in [7, 11) is 1.66. The summed E-state index contributed by atoms with van der Waals surface area (Å²) in [5.74, 6) is 3.02. The Morgan fingerprint density at radius 1 is 1.17 bits per heavy atom. The van der Waals surface area contributed by atoms with Gasteiger partial charge in [0.1, 0.15) is 5.75 Å². The molecule has 1 saturated heterocycles. The minimum absolute atomic E-state index is 0.0344. The van der Waals surface area contributed by atoms with Crippen molar-refractivity contribution in [2.45, 2.75) is 50.2 Å². The summed E-state index contributed by atoms with van der Waals surface area (Å²) < 4.78 is 7.44. The minimum Gasteiger partial charge on any atom is -0.497 e. The number of amides is 1. The largest absolute Gasteiger partial charge is 0.497 e. The molecule has 162 valence electrons. The van der Waals surface area contributed by atoms with Crippen molar-refractivity contribution in [1.29, 1.82) is 0 Å². The van der Waals surface area contributed by atoms with Gasteiger partial charge >= 0.3 is 0 Å². The predicted molar refractivity (Wildman–Crippen MR) is 119 cm³/mol. The van der Waals surface area contributed by atoms with Crippen LogP contribution in [0.15, 0.2) is 29.4 Å². The van der Waals surface area contributed by atoms with Crippen molar-refractivity contribution >= 4 is 23.6 Å². The lowest BCUT2D eigenvalue weighted by Crippen LogP contribution is -2.34. The van der Waals surface area contributed by atoms with E-state index in [-0.39, 0.29) is 5.91 Å². The molecule has 1 saturated carbocycles. The number of thioether (sulfide) groups is 1. The van der Waals surface area contributed by atoms with Crippen LogP contribution in [-0.2, 0) is 11.2 Å². The molecule has 7 nitrogen and oxygen atoms in total. The topological polar surface area (TPSA) is 72.3 Å². The van der Waals surface area contributed by atoms with E-state index in [1.54, 1.807) is 7.11 Å². The van der Waals surface area contributed by atoms with Gasteiger partial charge in [-0.1, -0.05) is 30.8 Å². The Balaban J connectivity index is 1.27. The Bertz CT molecular complexity index is 842. The Kier molecular flexibility index (Phi) is 6.82. The van der Waals surface area contributed by atoms with Crippen molar-refractivity contribution in [2.24, 2.45) is 5.92 Å². The van der Waals surface area contributed by atoms with Gasteiger partial charge in [0, 0.05) is 25.7 Å². The second-order valence-corrected chi connectivity index (χ2v) is 9.23. The third kappa shape index (κ3) is 5.28. The number of benzene rings is 1. The number of methoxy groups -OCH3 is 1. The maximum Gasteiger partial charge on any atom is 0.230 e. The third-order valence-electron chi connectivity index (χ3n) is 5.85. The lowest BCUT2D eigenvalue weighted by Gasteiger charge is -2.31. The van der Waals surface area contributed by atoms with Gasteiger partial charge in [-0.15, -0.1) is 10.2 Å². The molecule has 0 unspecified atom stereocenters. The Morgan fingerprint density at radius 3 is 2.57 bits per heavy atom. The number of aromatic nitrogens is 3. The molecule has 1 aliphatic heterocycles. The number of rotatable bonds is 9. The zero-order valence-electron chi connectivity index (χ0n) is 17.8. The lowest BCUT2D eigenvalue weighted by atomic mass is 10.00. The highest BCUT2D eigenvalue weighted by molar-refractivity contribution is 7.99. The van der Waals surface area contributed by atoms with Crippen molar-refractivity contribution in [2.75, 3.05) is 37.4 Å². The van der Waals surface area contributed by atoms with Gasteiger partial charge in [0.25, 0.3) is 0 Å². The van der Waals surface area contributed by atoms with Gasteiger partial charge in [-0.25, -0.2) is 0 Å². The van der Waals surface area contributed by atoms with E-state index in [1.807, 2.05) is 24.3 Å². The first-order valence-corrected chi connectivity index (χ1v) is 11.8. The molecular weight excluding hydrogens is 398 g/mol. The van der Waals surface area contributed by atoms with Crippen LogP contribution in [0.5, 0.6) is 5.75 Å². The van der Waals surface area contributed by atoms with Crippen molar-refractivity contribution in [1.82, 2.24) is 20.1 Å². The summed E-state index contributed by atoms with van der Waals surface area (Å²) in [6.45, 7) is 5.03. The van der Waals surface area contributed by atoms with E-state index in [1.165, 1.54) is 43.0 Å². The van der Waals surface area contributed by atoms with Crippen LogP contribution in [0.4, 0.5) is 5.95 Å². The molecule has 0 spiro atoms. The zero-order chi connectivity index (χ0) is 20.9. The number of hydrogen-bond acceptors (Lipinski definition) is 6. The smallest absolute Gasteiger partial charge is 0.230 e. The van der Waals surface area contributed by atoms with E-state index in [0.717, 1.165) is 42.3 Å². The molecule has 0 bridgehead atoms. The van der Waals surface area contributed by atoms with Crippen LogP contribution in [0.2, 0.25) is 0 Å². The molecule has 1 aromatic carbocycles. The maximum absolute atomic E-state index is 12.3. The van der Waals surface area contributed by atoms with Crippen molar-refractivity contribution < 1.29 is 9.53 Å². The SMILES string of the molecule is COc1ccc(CCNC(=O)CSc2nnc(N3CCC(C)CC3)n2C2CC2)cc1. The quantitative estimate of drug-likeness (QED) is 0.617. The van der Waals surface area contributed by atoms with Crippen LogP contribution >= 0.6 is 11.8 Å². The number of carbonyl (C=O) groups is 1. The van der Waals surface area contributed by atoms with Gasteiger partial charge in [0.05, 0.1) is 12.9 Å². The average Bonchev–Trinajstić information content (AvgIpc) is 3.52. The highest BCUT2D eigenvalue weighted by Crippen LogP contribution is 2.41. The van der Waals surface area contributed by atoms with Crippen LogP contribution in [0, 0.1) is 5.92 Å². The summed E-state index contributed by atoms with van der Waals surface area (Å²) in [6, 6.07) is 8.44. The molecular formula is C22H31N5O2S. The first-order chi connectivity index (χ1) is 14.6. The van der Waals surface area contributed by atoms with E-state index in [0.29, 0.717) is 18.3 Å². The summed E-state index contributed by atoms with van der Waals surface area (Å²) in [5.41, 5.74) is 1.18. The van der Waals surface area contributed by atoms with Crippen molar-refractivity contribution in [3.63, 3.8) is 0 Å². The van der Waals surface area contributed by atoms with E-state index in [4.69, 9.17) is 4.74 Å². The molecule has 1 aromatic heterocycles. The van der Waals surface area contributed by atoms with Gasteiger partial charge in [0.2, 0.25) is 11.9 Å². The number of nitrogens with zero attached hydrogens (tertiary/aromatic N) is 4. The molecule has 1 N–H and O–H groups in total. The number of anilines is 1. The fourth-order valence-electron chi connectivity index (χ4n) is 3.76. The molecule has 1 amide bonds. The molecule has 8 heteroatoms. The maximum atomic E-state index is 12.3. The average molecular weight is 430 g/mol. The van der Waals surface area contributed by atoms with E-state index >= 15 is 0 Å². The summed E-state index contributed by atoms with van der Waals surface area (Å²) in [6.07, 6.45) is 5.57. The first-order valence-electron chi connectivity index (χ1n) is 10.9. The summed E-state index contributed by atoms with van der Waals surface area (Å²) in [5, 5.41) is 12.8. The lowest BCUT2D eigenvalue weighted by molar-refractivity contribution is -0.118. The summed E-state index contributed by atoms with van der Waals surface area (Å²) >= 11 is 1.49. The molecule has 2 aliphatic rings. The molecule has 4 rings (SSSR count). The Morgan fingerprint density at radius 2 is 1.90 bits per heavy atom. The minimum atomic E-state index is 0.0344. The third-order valence-corrected chi connectivity index (χ3v) is 6.80. The van der Waals surface area contributed by atoms with E-state index in [2.05, 4.69) is 31.9 Å². The van der Waals surface area contributed by atoms with Crippen LogP contribution in [0.1, 0.15) is 44.2 Å². The van der Waals surface area contributed by atoms with E-state index in [9.17, 15) is 4.79 Å². The second-order valence-electron chi connectivity index (χ2n) is 8.29. The first kappa shape index (κ1) is 21.0. The van der Waals surface area contributed by atoms with E-state index < -0.39 is 0 Å². The highest BCUT2D eigenvalue weighted by atomic mass is 32.2. The molecule has 2 fully saturated rings. The summed E-state index contributed by atoms with van der Waals surface area (Å²) in [4.78, 5) is 14.7. The number of carbonyl (C=O) groups excluding carboxylic acids is 1. The van der Waals surface area contributed by atoms with Gasteiger partial charge in [-0.2, -0.15) is 0 Å². The van der Waals surface area contributed by atoms with Crippen LogP contribution in [0.3, 0.4) is 0 Å². The number of nitrogens with one attached hydrogen (secondary N) is 1. The van der Waals surface area contributed by atoms with Gasteiger partial charge < -0.3 is 15.0 Å². The Hall–Kier alpha value is -2.22. The molecule has 2 heterocycles. The van der Waals surface area contributed by atoms with Crippen molar-refractivity contribution in [3.05, 3.63) is 29.8 Å². The Labute approximate surface area is 182 Å². The number of ether oxygens (including phenoxy) is 1. The molecule has 30 heavy (non-hydrogen) atoms. The number of piperidine rings is 1. The molecule has 0 radical (unpaired) electrons.